The van der Waals surface area contributed by atoms with Crippen molar-refractivity contribution in [2.75, 3.05) is 6.61 Å². The smallest absolute Gasteiger partial charge is 0.220 e. The zero-order valence-corrected chi connectivity index (χ0v) is 17.1. The normalized spacial score (nSPS) is 10.8. The van der Waals surface area contributed by atoms with Crippen molar-refractivity contribution < 1.29 is 14.3 Å². The van der Waals surface area contributed by atoms with E-state index < -0.39 is 0 Å². The highest BCUT2D eigenvalue weighted by Gasteiger charge is 2.07. The van der Waals surface area contributed by atoms with E-state index in [9.17, 15) is 4.79 Å². The van der Waals surface area contributed by atoms with Crippen molar-refractivity contribution in [2.24, 2.45) is 5.73 Å². The minimum atomic E-state index is -0.0109. The van der Waals surface area contributed by atoms with Crippen LogP contribution in [0.3, 0.4) is 0 Å². The highest BCUT2D eigenvalue weighted by Crippen LogP contribution is 2.30. The summed E-state index contributed by atoms with van der Waals surface area (Å²) in [5.41, 5.74) is 6.55. The van der Waals surface area contributed by atoms with Gasteiger partial charge in [-0.15, -0.1) is 24.8 Å². The van der Waals surface area contributed by atoms with Gasteiger partial charge in [-0.25, -0.2) is 4.98 Å². The van der Waals surface area contributed by atoms with Gasteiger partial charge >= 0.3 is 0 Å². The van der Waals surface area contributed by atoms with E-state index in [-0.39, 0.29) is 36.8 Å². The first-order valence-electron chi connectivity index (χ1n) is 8.45. The quantitative estimate of drug-likeness (QED) is 0.648. The molecule has 0 spiro atoms. The molecule has 2 aromatic rings. The van der Waals surface area contributed by atoms with Crippen LogP contribution >= 0.6 is 24.8 Å². The molecule has 150 valence electrons. The molecule has 1 amide bonds. The summed E-state index contributed by atoms with van der Waals surface area (Å²) in [6, 6.07) is 11.1. The molecular weight excluding hydrogens is 389 g/mol. The zero-order chi connectivity index (χ0) is 18.1. The molecule has 3 N–H and O–H groups in total. The Morgan fingerprint density at radius 2 is 1.89 bits per heavy atom. The van der Waals surface area contributed by atoms with Crippen molar-refractivity contribution in [2.45, 2.75) is 39.3 Å². The molecular formula is C19H27Cl2N3O3. The number of rotatable bonds is 9. The van der Waals surface area contributed by atoms with Crippen LogP contribution in [0.2, 0.25) is 0 Å². The van der Waals surface area contributed by atoms with Gasteiger partial charge in [-0.1, -0.05) is 18.2 Å². The molecule has 1 atom stereocenters. The van der Waals surface area contributed by atoms with Gasteiger partial charge in [0, 0.05) is 31.3 Å². The molecule has 0 fully saturated rings. The molecule has 1 unspecified atom stereocenters. The van der Waals surface area contributed by atoms with Crippen LogP contribution in [0.15, 0.2) is 42.6 Å². The summed E-state index contributed by atoms with van der Waals surface area (Å²) < 4.78 is 11.3. The number of para-hydroxylation sites is 2. The Bertz CT molecular complexity index is 682. The Morgan fingerprint density at radius 1 is 1.19 bits per heavy atom. The summed E-state index contributed by atoms with van der Waals surface area (Å²) in [6.07, 6.45) is 2.79. The molecule has 1 heterocycles. The molecule has 2 rings (SSSR count). The van der Waals surface area contributed by atoms with Gasteiger partial charge in [0.25, 0.3) is 0 Å². The van der Waals surface area contributed by atoms with Crippen LogP contribution in [0.5, 0.6) is 17.4 Å². The number of carbonyl (C=O) groups excluding carboxylic acids is 1. The maximum absolute atomic E-state index is 11.7. The average Bonchev–Trinajstić information content (AvgIpc) is 2.61. The first kappa shape index (κ1) is 25.0. The van der Waals surface area contributed by atoms with Crippen LogP contribution in [0.4, 0.5) is 0 Å². The molecule has 0 radical (unpaired) electrons. The molecule has 6 nitrogen and oxygen atoms in total. The number of carbonyl (C=O) groups is 1. The van der Waals surface area contributed by atoms with Crippen molar-refractivity contribution in [1.82, 2.24) is 10.3 Å². The number of nitrogens with one attached hydrogen (secondary N) is 1. The predicted molar refractivity (Wildman–Crippen MR) is 111 cm³/mol. The van der Waals surface area contributed by atoms with E-state index in [1.807, 2.05) is 44.2 Å². The van der Waals surface area contributed by atoms with Gasteiger partial charge < -0.3 is 20.5 Å². The molecule has 0 saturated heterocycles. The summed E-state index contributed by atoms with van der Waals surface area (Å²) in [5, 5.41) is 2.85. The number of hydrogen-bond acceptors (Lipinski definition) is 5. The number of ether oxygens (including phenoxy) is 2. The van der Waals surface area contributed by atoms with Gasteiger partial charge in [-0.2, -0.15) is 0 Å². The maximum Gasteiger partial charge on any atom is 0.220 e. The number of nitrogens with zero attached hydrogens (tertiary/aromatic N) is 1. The second-order valence-electron chi connectivity index (χ2n) is 5.78. The molecule has 27 heavy (non-hydrogen) atoms. The SMILES string of the molecule is CCOc1ccccc1Oc1ccc(CNC(=O)CCC(C)N)cn1.Cl.Cl. The van der Waals surface area contributed by atoms with E-state index in [4.69, 9.17) is 15.2 Å². The van der Waals surface area contributed by atoms with E-state index in [1.165, 1.54) is 0 Å². The minimum absolute atomic E-state index is 0. The maximum atomic E-state index is 11.7. The van der Waals surface area contributed by atoms with E-state index >= 15 is 0 Å². The first-order chi connectivity index (χ1) is 12.1. The van der Waals surface area contributed by atoms with E-state index in [0.717, 1.165) is 5.56 Å². The van der Waals surface area contributed by atoms with Crippen molar-refractivity contribution in [3.05, 3.63) is 48.2 Å². The Morgan fingerprint density at radius 3 is 2.48 bits per heavy atom. The number of aromatic nitrogens is 1. The fourth-order valence-electron chi connectivity index (χ4n) is 2.15. The summed E-state index contributed by atoms with van der Waals surface area (Å²) in [5.74, 6) is 1.76. The van der Waals surface area contributed by atoms with E-state index in [0.29, 0.717) is 43.4 Å². The number of hydrogen-bond donors (Lipinski definition) is 2. The fourth-order valence-corrected chi connectivity index (χ4v) is 2.15. The van der Waals surface area contributed by atoms with Crippen molar-refractivity contribution >= 4 is 30.7 Å². The highest BCUT2D eigenvalue weighted by atomic mass is 35.5. The second-order valence-corrected chi connectivity index (χ2v) is 5.78. The number of amides is 1. The summed E-state index contributed by atoms with van der Waals surface area (Å²) in [6.45, 7) is 4.81. The van der Waals surface area contributed by atoms with Gasteiger partial charge in [0.2, 0.25) is 11.8 Å². The number of benzene rings is 1. The van der Waals surface area contributed by atoms with Gasteiger partial charge in [-0.3, -0.25) is 4.79 Å². The Balaban J connectivity index is 0.00000338. The van der Waals surface area contributed by atoms with Crippen LogP contribution in [0.25, 0.3) is 0 Å². The van der Waals surface area contributed by atoms with Crippen LogP contribution in [-0.2, 0) is 11.3 Å². The summed E-state index contributed by atoms with van der Waals surface area (Å²) >= 11 is 0. The number of pyridine rings is 1. The molecule has 0 aliphatic heterocycles. The van der Waals surface area contributed by atoms with Crippen LogP contribution in [-0.4, -0.2) is 23.5 Å². The average molecular weight is 416 g/mol. The molecule has 8 heteroatoms. The topological polar surface area (TPSA) is 86.5 Å². The Labute approximate surface area is 172 Å². The van der Waals surface area contributed by atoms with Gasteiger partial charge in [0.1, 0.15) is 0 Å². The van der Waals surface area contributed by atoms with Crippen molar-refractivity contribution in [3.8, 4) is 17.4 Å². The lowest BCUT2D eigenvalue weighted by atomic mass is 10.2. The zero-order valence-electron chi connectivity index (χ0n) is 15.5. The molecule has 0 aliphatic rings. The minimum Gasteiger partial charge on any atom is -0.490 e. The number of halogens is 2. The van der Waals surface area contributed by atoms with Crippen LogP contribution in [0.1, 0.15) is 32.3 Å². The molecule has 1 aromatic carbocycles. The third-order valence-corrected chi connectivity index (χ3v) is 3.48. The van der Waals surface area contributed by atoms with Crippen LogP contribution in [0, 0.1) is 0 Å². The van der Waals surface area contributed by atoms with Crippen LogP contribution < -0.4 is 20.5 Å². The van der Waals surface area contributed by atoms with Crippen molar-refractivity contribution in [3.63, 3.8) is 0 Å². The third-order valence-electron chi connectivity index (χ3n) is 3.48. The molecule has 0 aliphatic carbocycles. The van der Waals surface area contributed by atoms with Gasteiger partial charge in [-0.05, 0) is 38.0 Å². The largest absolute Gasteiger partial charge is 0.490 e. The van der Waals surface area contributed by atoms with Gasteiger partial charge in [0.05, 0.1) is 6.61 Å². The predicted octanol–water partition coefficient (Wildman–Crippen LogP) is 3.86. The standard InChI is InChI=1S/C19H25N3O3.2ClH/c1-3-24-16-6-4-5-7-17(16)25-19-11-9-15(13-22-19)12-21-18(23)10-8-14(2)20;;/h4-7,9,11,13-14H,3,8,10,12,20H2,1-2H3,(H,21,23);2*1H. The lowest BCUT2D eigenvalue weighted by Gasteiger charge is -2.11. The lowest BCUT2D eigenvalue weighted by molar-refractivity contribution is -0.121. The third kappa shape index (κ3) is 8.95. The summed E-state index contributed by atoms with van der Waals surface area (Å²) in [7, 11) is 0. The highest BCUT2D eigenvalue weighted by molar-refractivity contribution is 5.85. The number of nitrogens with two attached hydrogens (primary N) is 1. The molecule has 0 saturated carbocycles. The second kappa shape index (κ2) is 13.2. The van der Waals surface area contributed by atoms with Crippen molar-refractivity contribution in [1.29, 1.82) is 0 Å². The Hall–Kier alpha value is -2.02. The van der Waals surface area contributed by atoms with Gasteiger partial charge in [0.15, 0.2) is 11.5 Å². The van der Waals surface area contributed by atoms with E-state index in [2.05, 4.69) is 10.3 Å². The van der Waals surface area contributed by atoms with E-state index in [1.54, 1.807) is 12.3 Å². The summed E-state index contributed by atoms with van der Waals surface area (Å²) in [4.78, 5) is 16.0. The molecule has 0 bridgehead atoms. The lowest BCUT2D eigenvalue weighted by Crippen LogP contribution is -2.25. The molecule has 1 aromatic heterocycles. The Kier molecular flexibility index (Phi) is 12.2. The monoisotopic (exact) mass is 415 g/mol. The first-order valence-corrected chi connectivity index (χ1v) is 8.45. The fraction of sp³-hybridized carbons (Fsp3) is 0.368.